The SMILES string of the molecule is CCC(NC(=O)Nc1ccnn1CC1CC1)c1cnn(C)c1. The van der Waals surface area contributed by atoms with Crippen molar-refractivity contribution in [3.05, 3.63) is 30.2 Å². The lowest BCUT2D eigenvalue weighted by Gasteiger charge is -2.16. The third-order valence-corrected chi connectivity index (χ3v) is 3.93. The van der Waals surface area contributed by atoms with Gasteiger partial charge in [-0.15, -0.1) is 0 Å². The lowest BCUT2D eigenvalue weighted by molar-refractivity contribution is 0.248. The van der Waals surface area contributed by atoms with Crippen LogP contribution in [0.1, 0.15) is 37.8 Å². The van der Waals surface area contributed by atoms with E-state index in [-0.39, 0.29) is 12.1 Å². The van der Waals surface area contributed by atoms with E-state index in [0.29, 0.717) is 5.92 Å². The van der Waals surface area contributed by atoms with Crippen LogP contribution in [0, 0.1) is 5.92 Å². The normalized spacial score (nSPS) is 15.5. The van der Waals surface area contributed by atoms with Gasteiger partial charge in [0, 0.05) is 31.4 Å². The van der Waals surface area contributed by atoms with Crippen molar-refractivity contribution in [2.45, 2.75) is 38.8 Å². The highest BCUT2D eigenvalue weighted by Gasteiger charge is 2.23. The third kappa shape index (κ3) is 3.47. The van der Waals surface area contributed by atoms with E-state index >= 15 is 0 Å². The summed E-state index contributed by atoms with van der Waals surface area (Å²) >= 11 is 0. The smallest absolute Gasteiger partial charge is 0.320 e. The van der Waals surface area contributed by atoms with Crippen LogP contribution < -0.4 is 10.6 Å². The molecule has 1 unspecified atom stereocenters. The van der Waals surface area contributed by atoms with Crippen molar-refractivity contribution in [3.63, 3.8) is 0 Å². The summed E-state index contributed by atoms with van der Waals surface area (Å²) < 4.78 is 3.60. The van der Waals surface area contributed by atoms with Gasteiger partial charge in [0.2, 0.25) is 0 Å². The average Bonchev–Trinajstić information content (AvgIpc) is 3.04. The highest BCUT2D eigenvalue weighted by molar-refractivity contribution is 5.88. The largest absolute Gasteiger partial charge is 0.331 e. The highest BCUT2D eigenvalue weighted by Crippen LogP contribution is 2.31. The zero-order valence-electron chi connectivity index (χ0n) is 13.0. The summed E-state index contributed by atoms with van der Waals surface area (Å²) in [5.41, 5.74) is 1.01. The van der Waals surface area contributed by atoms with E-state index < -0.39 is 0 Å². The second kappa shape index (κ2) is 6.21. The van der Waals surface area contributed by atoms with Gasteiger partial charge in [0.05, 0.1) is 18.4 Å². The molecule has 1 fully saturated rings. The lowest BCUT2D eigenvalue weighted by atomic mass is 10.1. The summed E-state index contributed by atoms with van der Waals surface area (Å²) in [5, 5.41) is 14.3. The van der Waals surface area contributed by atoms with Crippen LogP contribution in [0.5, 0.6) is 0 Å². The second-order valence-electron chi connectivity index (χ2n) is 5.85. The van der Waals surface area contributed by atoms with E-state index in [1.165, 1.54) is 12.8 Å². The van der Waals surface area contributed by atoms with Gasteiger partial charge in [-0.2, -0.15) is 10.2 Å². The molecule has 2 amide bonds. The molecular weight excluding hydrogens is 280 g/mol. The third-order valence-electron chi connectivity index (χ3n) is 3.93. The van der Waals surface area contributed by atoms with E-state index in [1.807, 2.05) is 30.9 Å². The number of carbonyl (C=O) groups is 1. The fourth-order valence-corrected chi connectivity index (χ4v) is 2.48. The summed E-state index contributed by atoms with van der Waals surface area (Å²) in [4.78, 5) is 12.2. The Kier molecular flexibility index (Phi) is 4.13. The molecule has 7 nitrogen and oxygen atoms in total. The molecule has 0 aliphatic heterocycles. The Labute approximate surface area is 129 Å². The van der Waals surface area contributed by atoms with Crippen molar-refractivity contribution < 1.29 is 4.79 Å². The quantitative estimate of drug-likeness (QED) is 0.859. The van der Waals surface area contributed by atoms with Crippen molar-refractivity contribution in [3.8, 4) is 0 Å². The molecule has 0 bridgehead atoms. The highest BCUT2D eigenvalue weighted by atomic mass is 16.2. The number of anilines is 1. The van der Waals surface area contributed by atoms with Crippen molar-refractivity contribution in [1.82, 2.24) is 24.9 Å². The zero-order valence-corrected chi connectivity index (χ0v) is 13.0. The molecule has 0 aromatic carbocycles. The number of carbonyl (C=O) groups excluding carboxylic acids is 1. The fraction of sp³-hybridized carbons (Fsp3) is 0.533. The molecule has 2 heterocycles. The molecule has 2 N–H and O–H groups in total. The predicted octanol–water partition coefficient (Wildman–Crippen LogP) is 2.30. The Morgan fingerprint density at radius 3 is 2.91 bits per heavy atom. The maximum atomic E-state index is 12.2. The summed E-state index contributed by atoms with van der Waals surface area (Å²) in [6.07, 6.45) is 8.74. The van der Waals surface area contributed by atoms with Gasteiger partial charge in [-0.1, -0.05) is 6.92 Å². The molecule has 0 radical (unpaired) electrons. The number of aromatic nitrogens is 4. The molecule has 3 rings (SSSR count). The number of aryl methyl sites for hydroxylation is 1. The molecule has 1 atom stereocenters. The van der Waals surface area contributed by atoms with Crippen LogP contribution in [0.2, 0.25) is 0 Å². The van der Waals surface area contributed by atoms with Crippen LogP contribution in [0.3, 0.4) is 0 Å². The minimum absolute atomic E-state index is 0.0477. The topological polar surface area (TPSA) is 76.8 Å². The molecule has 0 saturated heterocycles. The van der Waals surface area contributed by atoms with Gasteiger partial charge in [-0.25, -0.2) is 9.48 Å². The molecule has 1 aliphatic carbocycles. The molecule has 7 heteroatoms. The van der Waals surface area contributed by atoms with E-state index in [0.717, 1.165) is 24.3 Å². The van der Waals surface area contributed by atoms with E-state index in [2.05, 4.69) is 20.8 Å². The Hall–Kier alpha value is -2.31. The van der Waals surface area contributed by atoms with Crippen molar-refractivity contribution in [2.75, 3.05) is 5.32 Å². The first-order valence-corrected chi connectivity index (χ1v) is 7.73. The van der Waals surface area contributed by atoms with Crippen molar-refractivity contribution in [1.29, 1.82) is 0 Å². The van der Waals surface area contributed by atoms with Gasteiger partial charge in [0.25, 0.3) is 0 Å². The minimum Gasteiger partial charge on any atom is -0.331 e. The second-order valence-corrected chi connectivity index (χ2v) is 5.85. The number of amides is 2. The van der Waals surface area contributed by atoms with Gasteiger partial charge >= 0.3 is 6.03 Å². The van der Waals surface area contributed by atoms with Crippen molar-refractivity contribution in [2.24, 2.45) is 13.0 Å². The monoisotopic (exact) mass is 302 g/mol. The van der Waals surface area contributed by atoms with Gasteiger partial charge in [-0.05, 0) is 25.2 Å². The van der Waals surface area contributed by atoms with Crippen LogP contribution in [-0.2, 0) is 13.6 Å². The van der Waals surface area contributed by atoms with E-state index in [4.69, 9.17) is 0 Å². The Bertz CT molecular complexity index is 642. The molecule has 22 heavy (non-hydrogen) atoms. The van der Waals surface area contributed by atoms with Gasteiger partial charge < -0.3 is 5.32 Å². The van der Waals surface area contributed by atoms with E-state index in [1.54, 1.807) is 17.1 Å². The first kappa shape index (κ1) is 14.6. The summed E-state index contributed by atoms with van der Waals surface area (Å²) in [7, 11) is 1.87. The molecule has 2 aromatic heterocycles. The van der Waals surface area contributed by atoms with E-state index in [9.17, 15) is 4.79 Å². The lowest BCUT2D eigenvalue weighted by Crippen LogP contribution is -2.33. The van der Waals surface area contributed by atoms with Gasteiger partial charge in [0.15, 0.2) is 0 Å². The molecule has 1 saturated carbocycles. The van der Waals surface area contributed by atoms with Crippen LogP contribution >= 0.6 is 0 Å². The van der Waals surface area contributed by atoms with Gasteiger partial charge in [-0.3, -0.25) is 10.00 Å². The number of nitrogens with one attached hydrogen (secondary N) is 2. The standard InChI is InChI=1S/C15H22N6O/c1-3-13(12-8-17-20(2)10-12)18-15(22)19-14-6-7-16-21(14)9-11-4-5-11/h6-8,10-11,13H,3-5,9H2,1-2H3,(H2,18,19,22). The van der Waals surface area contributed by atoms with Crippen LogP contribution in [0.4, 0.5) is 10.6 Å². The maximum absolute atomic E-state index is 12.2. The fourth-order valence-electron chi connectivity index (χ4n) is 2.48. The summed E-state index contributed by atoms with van der Waals surface area (Å²) in [6.45, 7) is 2.91. The maximum Gasteiger partial charge on any atom is 0.320 e. The molecule has 0 spiro atoms. The van der Waals surface area contributed by atoms with Crippen molar-refractivity contribution >= 4 is 11.8 Å². The number of hydrogen-bond acceptors (Lipinski definition) is 3. The predicted molar refractivity (Wildman–Crippen MR) is 83.3 cm³/mol. The summed E-state index contributed by atoms with van der Waals surface area (Å²) in [5.74, 6) is 1.45. The Balaban J connectivity index is 1.60. The first-order chi connectivity index (χ1) is 10.7. The number of hydrogen-bond donors (Lipinski definition) is 2. The molecule has 1 aliphatic rings. The zero-order chi connectivity index (χ0) is 15.5. The van der Waals surface area contributed by atoms with Gasteiger partial charge in [0.1, 0.15) is 5.82 Å². The molecular formula is C15H22N6O. The minimum atomic E-state index is -0.215. The molecule has 2 aromatic rings. The Morgan fingerprint density at radius 2 is 2.27 bits per heavy atom. The molecule has 118 valence electrons. The number of urea groups is 1. The summed E-state index contributed by atoms with van der Waals surface area (Å²) in [6, 6.07) is 1.56. The number of nitrogens with zero attached hydrogens (tertiary/aromatic N) is 4. The van der Waals surface area contributed by atoms with Crippen LogP contribution in [-0.4, -0.2) is 25.6 Å². The Morgan fingerprint density at radius 1 is 1.45 bits per heavy atom. The average molecular weight is 302 g/mol. The number of rotatable bonds is 6. The first-order valence-electron chi connectivity index (χ1n) is 7.73. The van der Waals surface area contributed by atoms with Crippen LogP contribution in [0.15, 0.2) is 24.7 Å². The van der Waals surface area contributed by atoms with Crippen LogP contribution in [0.25, 0.3) is 0 Å².